The second kappa shape index (κ2) is 4.16. The van der Waals surface area contributed by atoms with Crippen LogP contribution in [0.3, 0.4) is 0 Å². The van der Waals surface area contributed by atoms with E-state index < -0.39 is 0 Å². The monoisotopic (exact) mass is 216 g/mol. The molecule has 0 spiro atoms. The Balaban J connectivity index is 2.45. The molecule has 3 heteroatoms. The van der Waals surface area contributed by atoms with Crippen LogP contribution < -0.4 is 0 Å². The molecule has 0 unspecified atom stereocenters. The van der Waals surface area contributed by atoms with Crippen LogP contribution in [-0.2, 0) is 11.3 Å². The number of benzene rings is 1. The van der Waals surface area contributed by atoms with Crippen molar-refractivity contribution in [1.82, 2.24) is 0 Å². The summed E-state index contributed by atoms with van der Waals surface area (Å²) in [5.41, 5.74) is 1.01. The fraction of sp³-hybridized carbons (Fsp3) is 0.125. The molecule has 0 atom stereocenters. The average molecular weight is 215 g/mol. The van der Waals surface area contributed by atoms with Crippen LogP contribution in [0.2, 0.25) is 0 Å². The Kier molecular flexibility index (Phi) is 3.14. The minimum absolute atomic E-state index is 0.304. The molecule has 0 fully saturated rings. The van der Waals surface area contributed by atoms with Crippen LogP contribution in [-0.4, -0.2) is 20.9 Å². The van der Waals surface area contributed by atoms with Crippen LogP contribution in [0.25, 0.3) is 0 Å². The van der Waals surface area contributed by atoms with Crippen molar-refractivity contribution in [3.8, 4) is 0 Å². The van der Waals surface area contributed by atoms with Crippen LogP contribution in [0.5, 0.6) is 0 Å². The van der Waals surface area contributed by atoms with E-state index in [0.29, 0.717) is 6.61 Å². The van der Waals surface area contributed by atoms with Crippen molar-refractivity contribution in [2.24, 2.45) is 0 Å². The first-order valence-corrected chi connectivity index (χ1v) is 4.12. The third kappa shape index (κ3) is 3.21. The zero-order chi connectivity index (χ0) is 8.10. The van der Waals surface area contributed by atoms with Crippen LogP contribution in [0.1, 0.15) is 5.56 Å². The van der Waals surface area contributed by atoms with Gasteiger partial charge in [-0.15, -0.1) is 0 Å². The number of rotatable bonds is 2. The Morgan fingerprint density at radius 1 is 1.36 bits per heavy atom. The first-order valence-electron chi connectivity index (χ1n) is 3.18. The molecule has 0 N–H and O–H groups in total. The molecule has 1 rings (SSSR count). The summed E-state index contributed by atoms with van der Waals surface area (Å²) in [6.07, 6.45) is 0. The van der Waals surface area contributed by atoms with Gasteiger partial charge in [-0.05, 0) is 0 Å². The van der Waals surface area contributed by atoms with Gasteiger partial charge in [-0.2, -0.15) is 0 Å². The van der Waals surface area contributed by atoms with Gasteiger partial charge in [-0.25, -0.2) is 0 Å². The summed E-state index contributed by atoms with van der Waals surface area (Å²) in [6.45, 7) is 0.356. The Morgan fingerprint density at radius 3 is 2.55 bits per heavy atom. The Labute approximate surface area is 73.4 Å². The van der Waals surface area contributed by atoms with Gasteiger partial charge in [-0.1, -0.05) is 0 Å². The summed E-state index contributed by atoms with van der Waals surface area (Å²) in [6, 6.07) is 9.57. The van der Waals surface area contributed by atoms with Gasteiger partial charge < -0.3 is 0 Å². The summed E-state index contributed by atoms with van der Waals surface area (Å²) in [4.78, 5) is 10.1. The first kappa shape index (κ1) is 8.31. The Bertz CT molecular complexity index is 233. The van der Waals surface area contributed by atoms with Crippen molar-refractivity contribution in [1.29, 1.82) is 0 Å². The van der Waals surface area contributed by atoms with Gasteiger partial charge in [0.25, 0.3) is 0 Å². The Hall–Kier alpha value is -0.791. The summed E-state index contributed by atoms with van der Waals surface area (Å²) < 4.78 is 4.76. The van der Waals surface area contributed by atoms with Gasteiger partial charge in [0.2, 0.25) is 0 Å². The normalized spacial score (nSPS) is 9.18. The summed E-state index contributed by atoms with van der Waals surface area (Å²) >= 11 is 1.83. The van der Waals surface area contributed by atoms with Crippen molar-refractivity contribution in [2.75, 3.05) is 0 Å². The second-order valence-electron chi connectivity index (χ2n) is 2.04. The average Bonchev–Trinajstić information content (AvgIpc) is 2.03. The molecule has 0 saturated carbocycles. The summed E-state index contributed by atoms with van der Waals surface area (Å²) in [5, 5.41) is 0. The molecule has 0 heterocycles. The topological polar surface area (TPSA) is 26.3 Å². The molecule has 0 aliphatic carbocycles. The van der Waals surface area contributed by atoms with Crippen LogP contribution in [0.4, 0.5) is 4.79 Å². The van der Waals surface area contributed by atoms with E-state index in [4.69, 9.17) is 4.74 Å². The molecular formula is C8H8O2Se. The van der Waals surface area contributed by atoms with Crippen molar-refractivity contribution in [2.45, 2.75) is 6.61 Å². The molecule has 0 aromatic heterocycles. The van der Waals surface area contributed by atoms with Crippen LogP contribution in [0, 0.1) is 0 Å². The predicted octanol–water partition coefficient (Wildman–Crippen LogP) is 1.22. The van der Waals surface area contributed by atoms with Gasteiger partial charge in [0.05, 0.1) is 0 Å². The zero-order valence-corrected chi connectivity index (χ0v) is 7.73. The van der Waals surface area contributed by atoms with E-state index in [1.807, 2.05) is 46.3 Å². The van der Waals surface area contributed by atoms with E-state index in [1.54, 1.807) is 0 Å². The second-order valence-corrected chi connectivity index (χ2v) is 2.81. The van der Waals surface area contributed by atoms with E-state index in [-0.39, 0.29) is 4.87 Å². The maximum absolute atomic E-state index is 10.4. The molecule has 2 nitrogen and oxygen atoms in total. The van der Waals surface area contributed by atoms with Crippen LogP contribution in [0.15, 0.2) is 30.3 Å². The van der Waals surface area contributed by atoms with E-state index in [1.165, 1.54) is 0 Å². The molecular weight excluding hydrogens is 207 g/mol. The van der Waals surface area contributed by atoms with Crippen molar-refractivity contribution < 1.29 is 9.53 Å². The summed E-state index contributed by atoms with van der Waals surface area (Å²) in [5.74, 6) is 0. The fourth-order valence-electron chi connectivity index (χ4n) is 0.719. The fourth-order valence-corrected chi connectivity index (χ4v) is 0.855. The van der Waals surface area contributed by atoms with Gasteiger partial charge in [0.15, 0.2) is 0 Å². The van der Waals surface area contributed by atoms with E-state index in [0.717, 1.165) is 5.56 Å². The molecule has 0 radical (unpaired) electrons. The third-order valence-electron chi connectivity index (χ3n) is 1.21. The van der Waals surface area contributed by atoms with E-state index in [9.17, 15) is 4.79 Å². The van der Waals surface area contributed by atoms with Crippen LogP contribution >= 0.6 is 0 Å². The molecule has 0 amide bonds. The van der Waals surface area contributed by atoms with E-state index in [2.05, 4.69) is 0 Å². The number of carbonyl (C=O) groups excluding carboxylic acids is 1. The molecule has 58 valence electrons. The number of carbonyl (C=O) groups is 1. The molecule has 0 bridgehead atoms. The molecule has 0 aliphatic heterocycles. The van der Waals surface area contributed by atoms with Crippen molar-refractivity contribution in [3.05, 3.63) is 35.9 Å². The Morgan fingerprint density at radius 2 is 2.00 bits per heavy atom. The molecule has 11 heavy (non-hydrogen) atoms. The van der Waals surface area contributed by atoms with Gasteiger partial charge >= 0.3 is 72.9 Å². The molecule has 1 aromatic carbocycles. The molecule has 1 aromatic rings. The number of hydrogen-bond donors (Lipinski definition) is 0. The first-order chi connectivity index (χ1) is 5.29. The number of ether oxygens (including phenoxy) is 1. The SMILES string of the molecule is O=C([SeH])OCc1ccccc1. The molecule has 0 aliphatic rings. The summed E-state index contributed by atoms with van der Waals surface area (Å²) in [7, 11) is 0. The predicted molar refractivity (Wildman–Crippen MR) is 43.8 cm³/mol. The quantitative estimate of drug-likeness (QED) is 0.693. The maximum atomic E-state index is 10.4. The number of hydrogen-bond acceptors (Lipinski definition) is 2. The minimum atomic E-state index is -0.304. The van der Waals surface area contributed by atoms with Gasteiger partial charge in [0, 0.05) is 0 Å². The zero-order valence-electron chi connectivity index (χ0n) is 5.86. The van der Waals surface area contributed by atoms with Crippen molar-refractivity contribution in [3.63, 3.8) is 0 Å². The van der Waals surface area contributed by atoms with Gasteiger partial charge in [0.1, 0.15) is 0 Å². The third-order valence-corrected chi connectivity index (χ3v) is 1.48. The van der Waals surface area contributed by atoms with Crippen molar-refractivity contribution >= 4 is 20.9 Å². The standard InChI is InChI=1S/C8H8O2Se/c9-8(11)10-6-7-4-2-1-3-5-7/h1-5H,6H2,(H,9,11). The van der Waals surface area contributed by atoms with Gasteiger partial charge in [-0.3, -0.25) is 0 Å². The molecule has 0 saturated heterocycles. The van der Waals surface area contributed by atoms with E-state index >= 15 is 0 Å².